The van der Waals surface area contributed by atoms with Crippen molar-refractivity contribution in [2.24, 2.45) is 0 Å². The van der Waals surface area contributed by atoms with E-state index in [1.165, 1.54) is 0 Å². The Labute approximate surface area is 186 Å². The molecule has 10 heavy (non-hydrogen) atoms. The molecule has 8 heteroatoms. The van der Waals surface area contributed by atoms with Crippen LogP contribution in [0.3, 0.4) is 0 Å². The summed E-state index contributed by atoms with van der Waals surface area (Å²) < 4.78 is 0. The molecular weight excluding hydrogens is 623 g/mol. The first-order chi connectivity index (χ1) is 0. The van der Waals surface area contributed by atoms with Gasteiger partial charge in [0.25, 0.3) is 0 Å². The Balaban J connectivity index is 0. The van der Waals surface area contributed by atoms with Crippen LogP contribution in [0, 0.1) is 0 Å². The molecule has 3 N–H and O–H groups in total. The first-order valence-electron chi connectivity index (χ1n) is 0. The first-order valence-corrected chi connectivity index (χ1v) is 0. The molecule has 0 aromatic heterocycles. The standard InChI is InChI=1S/2CH4.H3N.H2S.2V.W.3Y/h2*1H4;1H3;1H2;;;;;;. The minimum absolute atomic E-state index is 0. The molecule has 0 aliphatic rings. The maximum absolute atomic E-state index is 0. The fourth-order valence-electron chi connectivity index (χ4n) is 0. The normalized spacial score (nSPS) is 0. The zero-order valence-electron chi connectivity index (χ0n) is 4.24. The second-order valence-corrected chi connectivity index (χ2v) is 0. The summed E-state index contributed by atoms with van der Waals surface area (Å²) in [5.41, 5.74) is 0. The summed E-state index contributed by atoms with van der Waals surface area (Å²) in [6.45, 7) is 0. The van der Waals surface area contributed by atoms with Gasteiger partial charge in [-0.3, -0.25) is 0 Å². The van der Waals surface area contributed by atoms with E-state index in [9.17, 15) is 0 Å². The second kappa shape index (κ2) is 87.6. The summed E-state index contributed by atoms with van der Waals surface area (Å²) in [7, 11) is 0. The van der Waals surface area contributed by atoms with Crippen molar-refractivity contribution >= 4 is 13.5 Å². The van der Waals surface area contributed by atoms with E-state index in [4.69, 9.17) is 0 Å². The fraction of sp³-hybridized carbons (Fsp3) is 1.00. The third kappa shape index (κ3) is 69.9. The van der Waals surface area contributed by atoms with Gasteiger partial charge in [0.1, 0.15) is 0 Å². The van der Waals surface area contributed by atoms with Gasteiger partial charge in [-0.1, -0.05) is 14.9 Å². The van der Waals surface area contributed by atoms with Crippen LogP contribution in [0.5, 0.6) is 0 Å². The maximum atomic E-state index is 0. The zero-order valence-corrected chi connectivity index (χ0v) is 19.5. The number of hydrogen-bond donors (Lipinski definition) is 1. The number of hydrogen-bond acceptors (Lipinski definition) is 1. The van der Waals surface area contributed by atoms with Gasteiger partial charge in [0.2, 0.25) is 0 Å². The quantitative estimate of drug-likeness (QED) is 0.431. The van der Waals surface area contributed by atoms with Crippen LogP contribution in [0.4, 0.5) is 0 Å². The minimum atomic E-state index is 0. The molecule has 0 saturated carbocycles. The van der Waals surface area contributed by atoms with E-state index in [0.29, 0.717) is 0 Å². The van der Waals surface area contributed by atoms with Crippen LogP contribution in [0.25, 0.3) is 0 Å². The summed E-state index contributed by atoms with van der Waals surface area (Å²) in [6, 6.07) is 0. The van der Waals surface area contributed by atoms with E-state index in [1.807, 2.05) is 0 Å². The van der Waals surface area contributed by atoms with Crippen LogP contribution in [-0.4, -0.2) is 0 Å². The van der Waals surface area contributed by atoms with Crippen molar-refractivity contribution in [3.63, 3.8) is 0 Å². The van der Waals surface area contributed by atoms with Crippen LogP contribution in [0.2, 0.25) is 0 Å². The van der Waals surface area contributed by atoms with Gasteiger partial charge in [0, 0.05) is 156 Å². The molecule has 0 heterocycles. The third-order valence-electron chi connectivity index (χ3n) is 0. The molecular formula is C2H13NSV2WY3. The van der Waals surface area contributed by atoms with E-state index in [-0.39, 0.29) is 191 Å². The Morgan fingerprint density at radius 3 is 0.600 bits per heavy atom. The van der Waals surface area contributed by atoms with Crippen molar-refractivity contribution in [2.45, 2.75) is 14.9 Å². The van der Waals surface area contributed by atoms with Crippen LogP contribution in [-0.2, 0) is 156 Å². The van der Waals surface area contributed by atoms with E-state index < -0.39 is 0 Å². The van der Waals surface area contributed by atoms with Gasteiger partial charge in [0.15, 0.2) is 0 Å². The van der Waals surface area contributed by atoms with Gasteiger partial charge < -0.3 is 6.15 Å². The van der Waals surface area contributed by atoms with Gasteiger partial charge in [-0.15, -0.1) is 0 Å². The van der Waals surface area contributed by atoms with Crippen molar-refractivity contribution in [3.8, 4) is 0 Å². The van der Waals surface area contributed by atoms with Crippen LogP contribution in [0.1, 0.15) is 14.9 Å². The molecule has 0 atom stereocenters. The average molecular weight is 636 g/mol. The Morgan fingerprint density at radius 2 is 0.600 bits per heavy atom. The molecule has 5 radical (unpaired) electrons. The third-order valence-corrected chi connectivity index (χ3v) is 0. The predicted octanol–water partition coefficient (Wildman–Crippen LogP) is 1.53. The summed E-state index contributed by atoms with van der Waals surface area (Å²) in [5.74, 6) is 0. The summed E-state index contributed by atoms with van der Waals surface area (Å²) in [4.78, 5) is 0. The monoisotopic (exact) mass is 636 g/mol. The topological polar surface area (TPSA) is 35.0 Å². The Hall–Kier alpha value is 5.48. The molecule has 1 nitrogen and oxygen atoms in total. The SMILES string of the molecule is C.C.N.S.[V].[V].[W].[Y].[Y].[Y]. The second-order valence-electron chi connectivity index (χ2n) is 0. The summed E-state index contributed by atoms with van der Waals surface area (Å²) >= 11 is 0. The molecule has 0 unspecified atom stereocenters. The first kappa shape index (κ1) is 108. The van der Waals surface area contributed by atoms with Gasteiger partial charge in [0.05, 0.1) is 0 Å². The van der Waals surface area contributed by atoms with Gasteiger partial charge in [-0.25, -0.2) is 0 Å². The van der Waals surface area contributed by atoms with Crippen LogP contribution >= 0.6 is 13.5 Å². The molecule has 0 saturated heterocycles. The zero-order chi connectivity index (χ0) is 0. The molecule has 0 amide bonds. The Kier molecular flexibility index (Phi) is 947. The van der Waals surface area contributed by atoms with Crippen molar-refractivity contribution in [3.05, 3.63) is 0 Å². The molecule has 0 spiro atoms. The molecule has 0 rings (SSSR count). The summed E-state index contributed by atoms with van der Waals surface area (Å²) in [6.07, 6.45) is 0. The van der Waals surface area contributed by atoms with Gasteiger partial charge in [-0.05, 0) is 0 Å². The smallest absolute Gasteiger partial charge is 0 e. The van der Waals surface area contributed by atoms with Crippen LogP contribution < -0.4 is 6.15 Å². The van der Waals surface area contributed by atoms with Gasteiger partial charge in [-0.2, -0.15) is 13.5 Å². The molecule has 0 fully saturated rings. The fourth-order valence-corrected chi connectivity index (χ4v) is 0. The van der Waals surface area contributed by atoms with Crippen molar-refractivity contribution < 1.29 is 156 Å². The minimum Gasteiger partial charge on any atom is -0.344 e. The van der Waals surface area contributed by atoms with Crippen molar-refractivity contribution in [1.82, 2.24) is 6.15 Å². The molecule has 57 valence electrons. The van der Waals surface area contributed by atoms with E-state index in [1.54, 1.807) is 0 Å². The van der Waals surface area contributed by atoms with Crippen molar-refractivity contribution in [2.75, 3.05) is 0 Å². The van der Waals surface area contributed by atoms with E-state index >= 15 is 0 Å². The van der Waals surface area contributed by atoms with Crippen LogP contribution in [0.15, 0.2) is 0 Å². The Morgan fingerprint density at radius 1 is 0.600 bits per heavy atom. The number of rotatable bonds is 0. The molecule has 0 aliphatic heterocycles. The summed E-state index contributed by atoms with van der Waals surface area (Å²) in [5, 5.41) is 0. The molecule has 0 aromatic carbocycles. The van der Waals surface area contributed by atoms with Crippen molar-refractivity contribution in [1.29, 1.82) is 0 Å². The largest absolute Gasteiger partial charge is 0.344 e. The predicted molar refractivity (Wildman–Crippen MR) is 28.9 cm³/mol. The molecule has 0 bridgehead atoms. The maximum Gasteiger partial charge on any atom is 0 e. The van der Waals surface area contributed by atoms with E-state index in [0.717, 1.165) is 0 Å². The molecule has 0 aliphatic carbocycles. The molecule has 0 aromatic rings. The Bertz CT molecular complexity index is 24.5. The van der Waals surface area contributed by atoms with Gasteiger partial charge >= 0.3 is 0 Å². The average Bonchev–Trinajstić information content (AvgIpc) is 0. The van der Waals surface area contributed by atoms with E-state index in [2.05, 4.69) is 0 Å².